The molecule has 1 N–H and O–H groups in total. The monoisotopic (exact) mass is 705 g/mol. The van der Waals surface area contributed by atoms with Crippen LogP contribution in [0.15, 0.2) is 65.3 Å². The van der Waals surface area contributed by atoms with Crippen LogP contribution < -0.4 is 14.4 Å². The normalized spacial score (nSPS) is 30.5. The zero-order valence-corrected chi connectivity index (χ0v) is 29.8. The molecule has 3 heterocycles. The lowest BCUT2D eigenvalue weighted by atomic mass is 9.68. The molecule has 49 heavy (non-hydrogen) atoms. The molecule has 7 rings (SSSR count). The predicted molar refractivity (Wildman–Crippen MR) is 191 cm³/mol. The average molecular weight is 706 g/mol. The first-order valence-corrected chi connectivity index (χ1v) is 19.2. The zero-order chi connectivity index (χ0) is 34.3. The summed E-state index contributed by atoms with van der Waals surface area (Å²) < 4.78 is 35.4. The van der Waals surface area contributed by atoms with E-state index in [0.29, 0.717) is 36.2 Å². The molecular formula is C37H44ClN5O5S. The van der Waals surface area contributed by atoms with E-state index in [1.54, 1.807) is 20.2 Å². The fourth-order valence-corrected chi connectivity index (χ4v) is 10.2. The van der Waals surface area contributed by atoms with E-state index >= 15 is 0 Å². The summed E-state index contributed by atoms with van der Waals surface area (Å²) >= 11 is 6.45. The van der Waals surface area contributed by atoms with E-state index in [2.05, 4.69) is 43.4 Å². The number of allylic oxidation sites excluding steroid dienone is 1. The number of rotatable bonds is 3. The summed E-state index contributed by atoms with van der Waals surface area (Å²) in [5, 5.41) is 4.80. The van der Waals surface area contributed by atoms with E-state index in [1.807, 2.05) is 25.1 Å². The molecule has 2 amide bonds. The minimum Gasteiger partial charge on any atom is -0.490 e. The maximum absolute atomic E-state index is 14.4. The average Bonchev–Trinajstić information content (AvgIpc) is 3.43. The van der Waals surface area contributed by atoms with Gasteiger partial charge in [0.2, 0.25) is 0 Å². The predicted octanol–water partition coefficient (Wildman–Crippen LogP) is 6.14. The van der Waals surface area contributed by atoms with Gasteiger partial charge in [0.05, 0.1) is 35.9 Å². The first kappa shape index (κ1) is 33.8. The van der Waals surface area contributed by atoms with Crippen molar-refractivity contribution in [3.8, 4) is 5.75 Å². The van der Waals surface area contributed by atoms with E-state index < -0.39 is 21.7 Å². The van der Waals surface area contributed by atoms with Crippen LogP contribution in [0.1, 0.15) is 70.9 Å². The molecule has 6 atom stereocenters. The lowest BCUT2D eigenvalue weighted by molar-refractivity contribution is 0.0131. The van der Waals surface area contributed by atoms with Crippen molar-refractivity contribution in [3.63, 3.8) is 0 Å². The van der Waals surface area contributed by atoms with Gasteiger partial charge in [-0.2, -0.15) is 5.10 Å². The molecule has 1 spiro atoms. The third-order valence-electron chi connectivity index (χ3n) is 10.7. The quantitative estimate of drug-likeness (QED) is 0.326. The van der Waals surface area contributed by atoms with Crippen molar-refractivity contribution in [2.24, 2.45) is 29.2 Å². The summed E-state index contributed by atoms with van der Waals surface area (Å²) in [6.45, 7) is 3.95. The van der Waals surface area contributed by atoms with Crippen LogP contribution in [0.4, 0.5) is 5.69 Å². The largest absolute Gasteiger partial charge is 0.490 e. The molecule has 2 bridgehead atoms. The molecule has 0 radical (unpaired) electrons. The standard InChI is InChI=1S/C37H44ClN5O5S/c1-24-6-4-8-33(47-3)30-12-9-27(30)20-43-22-37(15-5-7-25-16-29(38)11-13-31(25)37)23-48-34-14-10-26(17-32(34)43)35(44)40-49(46,21-24)41-36(45)28-18-39-42(2)19-28/h4,8,10-11,13-14,16-19,24,27,30,33H,5-7,9,12,15,20-23H2,1-3H3,(H,40,41,44,45,46)/b8-4+/t24-,27-,30+,33-,37-,49-/m0/s1. The molecule has 2 aromatic carbocycles. The third-order valence-corrected chi connectivity index (χ3v) is 13.0. The number of ether oxygens (including phenoxy) is 2. The molecule has 12 heteroatoms. The van der Waals surface area contributed by atoms with Crippen molar-refractivity contribution >= 4 is 39.0 Å². The number of methoxy groups -OCH3 is 1. The lowest BCUT2D eigenvalue weighted by Crippen LogP contribution is -2.49. The number of hydrogen-bond donors (Lipinski definition) is 1. The topological polar surface area (TPSA) is 115 Å². The van der Waals surface area contributed by atoms with E-state index in [-0.39, 0.29) is 28.8 Å². The molecule has 1 saturated carbocycles. The number of halogens is 1. The molecule has 0 unspecified atom stereocenters. The van der Waals surface area contributed by atoms with Gasteiger partial charge in [0.25, 0.3) is 11.8 Å². The van der Waals surface area contributed by atoms with Crippen molar-refractivity contribution in [3.05, 3.63) is 88.2 Å². The van der Waals surface area contributed by atoms with Gasteiger partial charge in [-0.25, -0.2) is 4.21 Å². The van der Waals surface area contributed by atoms with Gasteiger partial charge in [-0.15, -0.1) is 4.36 Å². The molecule has 3 aromatic rings. The first-order chi connectivity index (χ1) is 23.5. The van der Waals surface area contributed by atoms with E-state index in [4.69, 9.17) is 21.1 Å². The maximum atomic E-state index is 14.4. The summed E-state index contributed by atoms with van der Waals surface area (Å²) in [5.74, 6) is 0.0569. The minimum absolute atomic E-state index is 0.00487. The number of anilines is 1. The van der Waals surface area contributed by atoms with E-state index in [9.17, 15) is 13.8 Å². The van der Waals surface area contributed by atoms with Crippen molar-refractivity contribution in [1.82, 2.24) is 14.5 Å². The van der Waals surface area contributed by atoms with Gasteiger partial charge in [0.1, 0.15) is 15.7 Å². The summed E-state index contributed by atoms with van der Waals surface area (Å²) in [4.78, 5) is 29.5. The van der Waals surface area contributed by atoms with Crippen LogP contribution in [0.3, 0.4) is 0 Å². The van der Waals surface area contributed by atoms with Gasteiger partial charge in [0.15, 0.2) is 0 Å². The highest BCUT2D eigenvalue weighted by Crippen LogP contribution is 2.47. The van der Waals surface area contributed by atoms with Gasteiger partial charge in [-0.1, -0.05) is 36.7 Å². The van der Waals surface area contributed by atoms with Crippen LogP contribution in [0.2, 0.25) is 5.02 Å². The number of nitrogens with one attached hydrogen (secondary N) is 1. The molecule has 10 nitrogen and oxygen atoms in total. The highest BCUT2D eigenvalue weighted by molar-refractivity contribution is 7.92. The van der Waals surface area contributed by atoms with Crippen LogP contribution in [-0.4, -0.2) is 64.5 Å². The van der Waals surface area contributed by atoms with Gasteiger partial charge in [0, 0.05) is 49.4 Å². The fraction of sp³-hybridized carbons (Fsp3) is 0.486. The second-order valence-corrected chi connectivity index (χ2v) is 16.7. The molecule has 1 aromatic heterocycles. The van der Waals surface area contributed by atoms with Crippen molar-refractivity contribution < 1.29 is 23.3 Å². The lowest BCUT2D eigenvalue weighted by Gasteiger charge is -2.46. The van der Waals surface area contributed by atoms with Crippen LogP contribution in [-0.2, 0) is 33.5 Å². The van der Waals surface area contributed by atoms with Gasteiger partial charge < -0.3 is 14.4 Å². The number of aryl methyl sites for hydroxylation is 2. The van der Waals surface area contributed by atoms with Crippen LogP contribution in [0.25, 0.3) is 0 Å². The Labute approximate surface area is 293 Å². The Morgan fingerprint density at radius 2 is 2.06 bits per heavy atom. The Balaban J connectivity index is 1.31. The SMILES string of the molecule is CO[C@H]1/C=C/C[C@H](C)C[S@@](=O)(NC(=O)c2cnn(C)c2)=NC(=O)c2ccc3c(c2)N(C[C@@H]2CC[C@H]21)C[C@@]1(CCCc2cc(Cl)ccc21)CO3. The van der Waals surface area contributed by atoms with E-state index in [1.165, 1.54) is 28.2 Å². The number of carbonyl (C=O) groups is 2. The minimum atomic E-state index is -3.51. The Hall–Kier alpha value is -3.67. The number of amides is 2. The number of benzene rings is 2. The van der Waals surface area contributed by atoms with Crippen molar-refractivity contribution in [1.29, 1.82) is 0 Å². The second-order valence-electron chi connectivity index (χ2n) is 14.3. The maximum Gasteiger partial charge on any atom is 0.286 e. The molecular weight excluding hydrogens is 662 g/mol. The number of fused-ring (bicyclic) bond motifs is 4. The van der Waals surface area contributed by atoms with Crippen LogP contribution >= 0.6 is 11.6 Å². The molecule has 260 valence electrons. The molecule has 1 fully saturated rings. The summed E-state index contributed by atoms with van der Waals surface area (Å²) in [5.41, 5.74) is 3.63. The highest BCUT2D eigenvalue weighted by Gasteiger charge is 2.44. The van der Waals surface area contributed by atoms with Gasteiger partial charge in [-0.05, 0) is 97.7 Å². The van der Waals surface area contributed by atoms with Crippen molar-refractivity contribution in [2.75, 3.05) is 37.5 Å². The first-order valence-electron chi connectivity index (χ1n) is 17.1. The Morgan fingerprint density at radius 3 is 2.82 bits per heavy atom. The fourth-order valence-electron chi connectivity index (χ4n) is 8.11. The van der Waals surface area contributed by atoms with Crippen LogP contribution in [0.5, 0.6) is 5.75 Å². The summed E-state index contributed by atoms with van der Waals surface area (Å²) in [6, 6.07) is 11.6. The van der Waals surface area contributed by atoms with Crippen molar-refractivity contribution in [2.45, 2.75) is 57.0 Å². The van der Waals surface area contributed by atoms with Gasteiger partial charge >= 0.3 is 0 Å². The Bertz CT molecular complexity index is 1920. The van der Waals surface area contributed by atoms with Gasteiger partial charge in [-0.3, -0.25) is 19.0 Å². The zero-order valence-electron chi connectivity index (χ0n) is 28.3. The number of hydrogen-bond acceptors (Lipinski definition) is 7. The van der Waals surface area contributed by atoms with E-state index in [0.717, 1.165) is 55.9 Å². The van der Waals surface area contributed by atoms with Crippen LogP contribution in [0, 0.1) is 17.8 Å². The number of aromatic nitrogens is 2. The molecule has 4 aliphatic rings. The molecule has 2 aliphatic heterocycles. The summed E-state index contributed by atoms with van der Waals surface area (Å²) in [7, 11) is -0.0568. The molecule has 0 saturated heterocycles. The molecule has 2 aliphatic carbocycles. The summed E-state index contributed by atoms with van der Waals surface area (Å²) in [6.07, 6.45) is 12.8. The number of nitrogens with zero attached hydrogens (tertiary/aromatic N) is 4. The second kappa shape index (κ2) is 13.6. The smallest absolute Gasteiger partial charge is 0.286 e. The number of carbonyl (C=O) groups excluding carboxylic acids is 2. The highest BCUT2D eigenvalue weighted by atomic mass is 35.5. The third kappa shape index (κ3) is 6.90. The Kier molecular flexibility index (Phi) is 9.36. The Morgan fingerprint density at radius 1 is 1.20 bits per heavy atom.